The molecule has 1 aliphatic rings. The van der Waals surface area contributed by atoms with Gasteiger partial charge in [0.05, 0.1) is 11.4 Å². The fourth-order valence-electron chi connectivity index (χ4n) is 3.58. The van der Waals surface area contributed by atoms with Gasteiger partial charge in [0.1, 0.15) is 12.2 Å². The van der Waals surface area contributed by atoms with Gasteiger partial charge in [-0.3, -0.25) is 9.59 Å². The van der Waals surface area contributed by atoms with Crippen LogP contribution < -0.4 is 5.56 Å². The number of H-pyrrole nitrogens is 1. The lowest BCUT2D eigenvalue weighted by atomic mass is 9.94. The number of carbonyl (C=O) groups is 2. The Hall–Kier alpha value is -3.48. The highest BCUT2D eigenvalue weighted by Crippen LogP contribution is 2.19. The lowest BCUT2D eigenvalue weighted by molar-refractivity contribution is 0.0470. The standard InChI is InChI=1S/C22H21N3O4/c1-13-10-14(2)25(24-13)16-8-6-15(7-9-16)12-29-22(28)18-11-17-19(23-21(18)27)4-3-5-20(17)26/h6-11H,3-5,12H2,1-2H3,(H,23,27). The predicted octanol–water partition coefficient (Wildman–Crippen LogP) is 3.05. The number of ketones is 1. The molecule has 2 aromatic heterocycles. The Morgan fingerprint density at radius 3 is 2.59 bits per heavy atom. The monoisotopic (exact) mass is 391 g/mol. The van der Waals surface area contributed by atoms with Gasteiger partial charge in [-0.15, -0.1) is 0 Å². The topological polar surface area (TPSA) is 94.0 Å². The van der Waals surface area contributed by atoms with Crippen molar-refractivity contribution < 1.29 is 14.3 Å². The number of nitrogens with zero attached hydrogens (tertiary/aromatic N) is 2. The number of aromatic nitrogens is 3. The van der Waals surface area contributed by atoms with Crippen LogP contribution in [0.1, 0.15) is 56.2 Å². The number of nitrogens with one attached hydrogen (secondary N) is 1. The van der Waals surface area contributed by atoms with Crippen molar-refractivity contribution in [3.05, 3.63) is 80.5 Å². The molecule has 0 saturated heterocycles. The Bertz CT molecular complexity index is 1160. The Morgan fingerprint density at radius 2 is 1.90 bits per heavy atom. The number of esters is 1. The van der Waals surface area contributed by atoms with Gasteiger partial charge in [-0.1, -0.05) is 12.1 Å². The third kappa shape index (κ3) is 3.76. The summed E-state index contributed by atoms with van der Waals surface area (Å²) >= 11 is 0. The number of aromatic amines is 1. The van der Waals surface area contributed by atoms with Gasteiger partial charge < -0.3 is 9.72 Å². The molecule has 0 bridgehead atoms. The Morgan fingerprint density at radius 1 is 1.14 bits per heavy atom. The summed E-state index contributed by atoms with van der Waals surface area (Å²) in [5.41, 5.74) is 4.02. The molecule has 0 atom stereocenters. The molecule has 0 unspecified atom stereocenters. The lowest BCUT2D eigenvalue weighted by Gasteiger charge is -2.14. The van der Waals surface area contributed by atoms with Crippen molar-refractivity contribution in [2.24, 2.45) is 0 Å². The third-order valence-electron chi connectivity index (χ3n) is 5.03. The van der Waals surface area contributed by atoms with Gasteiger partial charge in [0.15, 0.2) is 5.78 Å². The molecule has 7 nitrogen and oxygen atoms in total. The largest absolute Gasteiger partial charge is 0.457 e. The van der Waals surface area contributed by atoms with Crippen LogP contribution in [0.15, 0.2) is 41.2 Å². The molecule has 29 heavy (non-hydrogen) atoms. The van der Waals surface area contributed by atoms with Crippen LogP contribution in [0, 0.1) is 13.8 Å². The summed E-state index contributed by atoms with van der Waals surface area (Å²) in [4.78, 5) is 39.3. The molecule has 0 spiro atoms. The van der Waals surface area contributed by atoms with Crippen LogP contribution in [0.5, 0.6) is 0 Å². The normalized spacial score (nSPS) is 13.2. The fraction of sp³-hybridized carbons (Fsp3) is 0.273. The molecule has 0 radical (unpaired) electrons. The van der Waals surface area contributed by atoms with Crippen LogP contribution in [0.3, 0.4) is 0 Å². The summed E-state index contributed by atoms with van der Waals surface area (Å²) in [7, 11) is 0. The van der Waals surface area contributed by atoms with Crippen LogP contribution in [0.2, 0.25) is 0 Å². The summed E-state index contributed by atoms with van der Waals surface area (Å²) in [6, 6.07) is 10.8. The Balaban J connectivity index is 1.47. The van der Waals surface area contributed by atoms with E-state index < -0.39 is 11.5 Å². The zero-order valence-electron chi connectivity index (χ0n) is 16.3. The molecule has 4 rings (SSSR count). The van der Waals surface area contributed by atoms with Crippen LogP contribution >= 0.6 is 0 Å². The maximum atomic E-state index is 12.4. The molecule has 3 aromatic rings. The molecule has 0 amide bonds. The second-order valence-electron chi connectivity index (χ2n) is 7.26. The van der Waals surface area contributed by atoms with Gasteiger partial charge in [-0.2, -0.15) is 5.10 Å². The minimum Gasteiger partial charge on any atom is -0.457 e. The molecule has 0 aliphatic heterocycles. The number of fused-ring (bicyclic) bond motifs is 1. The molecule has 148 valence electrons. The first-order valence-electron chi connectivity index (χ1n) is 9.51. The molecule has 1 aromatic carbocycles. The highest BCUT2D eigenvalue weighted by Gasteiger charge is 2.22. The van der Waals surface area contributed by atoms with Crippen LogP contribution in [0.4, 0.5) is 0 Å². The SMILES string of the molecule is Cc1cc(C)n(-c2ccc(COC(=O)c3cc4c([nH]c3=O)CCCC4=O)cc2)n1. The van der Waals surface area contributed by atoms with Crippen LogP contribution in [-0.4, -0.2) is 26.5 Å². The zero-order valence-corrected chi connectivity index (χ0v) is 16.3. The minimum atomic E-state index is -0.741. The third-order valence-corrected chi connectivity index (χ3v) is 5.03. The van der Waals surface area contributed by atoms with Gasteiger partial charge >= 0.3 is 5.97 Å². The van der Waals surface area contributed by atoms with E-state index in [1.165, 1.54) is 6.07 Å². The average molecular weight is 391 g/mol. The molecule has 1 aliphatic carbocycles. The summed E-state index contributed by atoms with van der Waals surface area (Å²) in [5, 5.41) is 4.44. The number of pyridine rings is 1. The van der Waals surface area contributed by atoms with Crippen molar-refractivity contribution >= 4 is 11.8 Å². The maximum absolute atomic E-state index is 12.4. The number of hydrogen-bond donors (Lipinski definition) is 1. The van der Waals surface area contributed by atoms with E-state index in [4.69, 9.17) is 4.74 Å². The lowest BCUT2D eigenvalue weighted by Crippen LogP contribution is -2.25. The van der Waals surface area contributed by atoms with E-state index in [1.807, 2.05) is 48.9 Å². The van der Waals surface area contributed by atoms with Crippen LogP contribution in [0.25, 0.3) is 5.69 Å². The smallest absolute Gasteiger partial charge is 0.344 e. The summed E-state index contributed by atoms with van der Waals surface area (Å²) in [6.07, 6.45) is 1.77. The predicted molar refractivity (Wildman–Crippen MR) is 106 cm³/mol. The second kappa shape index (κ2) is 7.50. The van der Waals surface area contributed by atoms with E-state index >= 15 is 0 Å². The molecule has 0 saturated carbocycles. The maximum Gasteiger partial charge on any atom is 0.344 e. The van der Waals surface area contributed by atoms with Crippen LogP contribution in [-0.2, 0) is 17.8 Å². The summed E-state index contributed by atoms with van der Waals surface area (Å²) < 4.78 is 7.14. The van der Waals surface area contributed by atoms with Crippen molar-refractivity contribution in [1.29, 1.82) is 0 Å². The van der Waals surface area contributed by atoms with Crippen molar-refractivity contribution in [1.82, 2.24) is 14.8 Å². The number of carbonyl (C=O) groups excluding carboxylic acids is 2. The molecule has 2 heterocycles. The number of hydrogen-bond acceptors (Lipinski definition) is 5. The molecule has 1 N–H and O–H groups in total. The molecule has 7 heteroatoms. The summed E-state index contributed by atoms with van der Waals surface area (Å²) in [6.45, 7) is 3.95. The summed E-state index contributed by atoms with van der Waals surface area (Å²) in [5.74, 6) is -0.800. The number of ether oxygens (including phenoxy) is 1. The first kappa shape index (κ1) is 18.9. The van der Waals surface area contributed by atoms with Crippen molar-refractivity contribution in [3.63, 3.8) is 0 Å². The fourth-order valence-corrected chi connectivity index (χ4v) is 3.58. The number of aryl methyl sites for hydroxylation is 3. The molecular weight excluding hydrogens is 370 g/mol. The first-order chi connectivity index (χ1) is 13.9. The van der Waals surface area contributed by atoms with Gasteiger partial charge in [0, 0.05) is 23.4 Å². The van der Waals surface area contributed by atoms with Gasteiger partial charge in [0.2, 0.25) is 0 Å². The van der Waals surface area contributed by atoms with E-state index in [-0.39, 0.29) is 18.0 Å². The zero-order chi connectivity index (χ0) is 20.5. The first-order valence-corrected chi connectivity index (χ1v) is 9.51. The van der Waals surface area contributed by atoms with E-state index in [9.17, 15) is 14.4 Å². The van der Waals surface area contributed by atoms with E-state index in [2.05, 4.69) is 10.1 Å². The van der Waals surface area contributed by atoms with Crippen molar-refractivity contribution in [2.45, 2.75) is 39.7 Å². The van der Waals surface area contributed by atoms with Gasteiger partial charge in [0.25, 0.3) is 5.56 Å². The van der Waals surface area contributed by atoms with Gasteiger partial charge in [-0.25, -0.2) is 9.48 Å². The minimum absolute atomic E-state index is 0.0285. The Labute approximate surface area is 167 Å². The van der Waals surface area contributed by atoms with E-state index in [0.29, 0.717) is 30.5 Å². The number of Topliss-reactive ketones (excluding diaryl/α,β-unsaturated/α-hetero) is 1. The Kier molecular flexibility index (Phi) is 4.88. The van der Waals surface area contributed by atoms with Gasteiger partial charge in [-0.05, 0) is 56.5 Å². The second-order valence-corrected chi connectivity index (χ2v) is 7.26. The number of benzene rings is 1. The average Bonchev–Trinajstić information content (AvgIpc) is 3.04. The van der Waals surface area contributed by atoms with Crippen molar-refractivity contribution in [3.8, 4) is 5.69 Å². The molecule has 0 fully saturated rings. The van der Waals surface area contributed by atoms with Crippen molar-refractivity contribution in [2.75, 3.05) is 0 Å². The number of rotatable bonds is 4. The molecular formula is C22H21N3O4. The quantitative estimate of drug-likeness (QED) is 0.690. The highest BCUT2D eigenvalue weighted by molar-refractivity contribution is 6.00. The highest BCUT2D eigenvalue weighted by atomic mass is 16.5. The van der Waals surface area contributed by atoms with E-state index in [0.717, 1.165) is 22.6 Å². The van der Waals surface area contributed by atoms with E-state index in [1.54, 1.807) is 0 Å².